The van der Waals surface area contributed by atoms with Gasteiger partial charge < -0.3 is 5.73 Å². The fourth-order valence-electron chi connectivity index (χ4n) is 1.77. The first-order chi connectivity index (χ1) is 9.35. The number of anilines is 1. The van der Waals surface area contributed by atoms with Crippen LogP contribution in [-0.4, -0.2) is 18.6 Å². The third-order valence-electron chi connectivity index (χ3n) is 2.91. The first-order valence-electron chi connectivity index (χ1n) is 5.88. The summed E-state index contributed by atoms with van der Waals surface area (Å²) in [6.45, 7) is 3.31. The van der Waals surface area contributed by atoms with Gasteiger partial charge in [-0.3, -0.25) is 9.82 Å². The van der Waals surface area contributed by atoms with Crippen molar-refractivity contribution in [1.82, 2.24) is 10.2 Å². The van der Waals surface area contributed by atoms with Gasteiger partial charge in [-0.1, -0.05) is 0 Å². The van der Waals surface area contributed by atoms with Gasteiger partial charge >= 0.3 is 0 Å². The lowest BCUT2D eigenvalue weighted by Gasteiger charge is -2.09. The lowest BCUT2D eigenvalue weighted by atomic mass is 10.2. The summed E-state index contributed by atoms with van der Waals surface area (Å²) in [5, 5.41) is 6.60. The average Bonchev–Trinajstić information content (AvgIpc) is 2.70. The summed E-state index contributed by atoms with van der Waals surface area (Å²) in [6.07, 6.45) is 0. The first kappa shape index (κ1) is 14.5. The van der Waals surface area contributed by atoms with Gasteiger partial charge in [0, 0.05) is 12.1 Å². The Morgan fingerprint density at radius 1 is 1.40 bits per heavy atom. The number of benzene rings is 1. The van der Waals surface area contributed by atoms with E-state index >= 15 is 0 Å². The van der Waals surface area contributed by atoms with E-state index in [0.717, 1.165) is 6.07 Å². The highest BCUT2D eigenvalue weighted by molar-refractivity contribution is 7.92. The predicted molar refractivity (Wildman–Crippen MR) is 73.2 cm³/mol. The molecule has 8 heteroatoms. The number of hydrogen-bond donors (Lipinski definition) is 3. The average molecular weight is 298 g/mol. The molecule has 0 radical (unpaired) electrons. The molecule has 20 heavy (non-hydrogen) atoms. The minimum Gasteiger partial charge on any atom is -0.326 e. The Kier molecular flexibility index (Phi) is 3.78. The van der Waals surface area contributed by atoms with Crippen molar-refractivity contribution in [3.63, 3.8) is 0 Å². The Morgan fingerprint density at radius 2 is 2.10 bits per heavy atom. The van der Waals surface area contributed by atoms with Crippen LogP contribution in [0.1, 0.15) is 17.0 Å². The van der Waals surface area contributed by atoms with Crippen LogP contribution in [0.3, 0.4) is 0 Å². The Balaban J connectivity index is 2.41. The van der Waals surface area contributed by atoms with E-state index in [1.807, 2.05) is 0 Å². The topological polar surface area (TPSA) is 101 Å². The molecule has 1 aromatic carbocycles. The van der Waals surface area contributed by atoms with Gasteiger partial charge in [0.1, 0.15) is 5.82 Å². The summed E-state index contributed by atoms with van der Waals surface area (Å²) < 4.78 is 40.3. The van der Waals surface area contributed by atoms with Crippen LogP contribution in [0.25, 0.3) is 0 Å². The SMILES string of the molecule is Cc1n[nH]c(C)c1NS(=O)(=O)c1ccc(F)c(CN)c1. The van der Waals surface area contributed by atoms with Crippen LogP contribution in [0.15, 0.2) is 23.1 Å². The van der Waals surface area contributed by atoms with Gasteiger partial charge in [0.25, 0.3) is 10.0 Å². The van der Waals surface area contributed by atoms with Crippen molar-refractivity contribution in [1.29, 1.82) is 0 Å². The van der Waals surface area contributed by atoms with Crippen LogP contribution < -0.4 is 10.5 Å². The molecule has 0 amide bonds. The molecule has 1 aromatic heterocycles. The van der Waals surface area contributed by atoms with E-state index in [4.69, 9.17) is 5.73 Å². The van der Waals surface area contributed by atoms with Crippen LogP contribution >= 0.6 is 0 Å². The molecule has 6 nitrogen and oxygen atoms in total. The molecular weight excluding hydrogens is 283 g/mol. The fraction of sp³-hybridized carbons (Fsp3) is 0.250. The second kappa shape index (κ2) is 5.22. The maximum absolute atomic E-state index is 13.4. The van der Waals surface area contributed by atoms with Gasteiger partial charge in [0.15, 0.2) is 0 Å². The zero-order valence-corrected chi connectivity index (χ0v) is 11.9. The highest BCUT2D eigenvalue weighted by Gasteiger charge is 2.19. The summed E-state index contributed by atoms with van der Waals surface area (Å²) in [5.41, 5.74) is 7.05. The lowest BCUT2D eigenvalue weighted by Crippen LogP contribution is -2.15. The third-order valence-corrected chi connectivity index (χ3v) is 4.26. The molecule has 0 saturated carbocycles. The van der Waals surface area contributed by atoms with E-state index in [0.29, 0.717) is 17.1 Å². The quantitative estimate of drug-likeness (QED) is 0.794. The highest BCUT2D eigenvalue weighted by Crippen LogP contribution is 2.22. The van der Waals surface area contributed by atoms with Crippen LogP contribution in [0, 0.1) is 19.7 Å². The molecule has 0 fully saturated rings. The smallest absolute Gasteiger partial charge is 0.262 e. The normalized spacial score (nSPS) is 11.6. The molecule has 108 valence electrons. The molecule has 1 heterocycles. The number of nitrogens with two attached hydrogens (primary N) is 1. The summed E-state index contributed by atoms with van der Waals surface area (Å²) in [4.78, 5) is -0.0423. The zero-order valence-electron chi connectivity index (χ0n) is 11.1. The van der Waals surface area contributed by atoms with Gasteiger partial charge in [-0.25, -0.2) is 12.8 Å². The largest absolute Gasteiger partial charge is 0.326 e. The maximum Gasteiger partial charge on any atom is 0.262 e. The number of rotatable bonds is 4. The van der Waals surface area contributed by atoms with Crippen molar-refractivity contribution < 1.29 is 12.8 Å². The molecule has 0 bridgehead atoms. The van der Waals surface area contributed by atoms with Crippen LogP contribution in [0.5, 0.6) is 0 Å². The standard InChI is InChI=1S/C12H15FN4O2S/c1-7-12(8(2)16-15-7)17-20(18,19)10-3-4-11(13)9(5-10)6-14/h3-5,17H,6,14H2,1-2H3,(H,15,16). The van der Waals surface area contributed by atoms with E-state index in [2.05, 4.69) is 14.9 Å². The minimum atomic E-state index is -3.81. The van der Waals surface area contributed by atoms with Gasteiger partial charge in [-0.15, -0.1) is 0 Å². The van der Waals surface area contributed by atoms with Crippen LogP contribution in [0.2, 0.25) is 0 Å². The predicted octanol–water partition coefficient (Wildman–Crippen LogP) is 1.43. The summed E-state index contributed by atoms with van der Waals surface area (Å²) >= 11 is 0. The lowest BCUT2D eigenvalue weighted by molar-refractivity contribution is 0.596. The molecule has 0 aliphatic heterocycles. The second-order valence-electron chi connectivity index (χ2n) is 4.37. The number of nitrogens with zero attached hydrogens (tertiary/aromatic N) is 1. The molecule has 0 atom stereocenters. The summed E-state index contributed by atoms with van der Waals surface area (Å²) in [5.74, 6) is -0.526. The minimum absolute atomic E-state index is 0.0423. The number of halogens is 1. The summed E-state index contributed by atoms with van der Waals surface area (Å²) in [6, 6.07) is 3.51. The molecular formula is C12H15FN4O2S. The number of aromatic amines is 1. The fourth-order valence-corrected chi connectivity index (χ4v) is 3.00. The Hall–Kier alpha value is -1.93. The number of nitrogens with one attached hydrogen (secondary N) is 2. The summed E-state index contributed by atoms with van der Waals surface area (Å²) in [7, 11) is -3.81. The number of sulfonamides is 1. The molecule has 0 saturated heterocycles. The van der Waals surface area contributed by atoms with Crippen LogP contribution in [-0.2, 0) is 16.6 Å². The van der Waals surface area contributed by atoms with Crippen molar-refractivity contribution in [3.05, 3.63) is 41.0 Å². The van der Waals surface area contributed by atoms with E-state index < -0.39 is 15.8 Å². The number of aryl methyl sites for hydroxylation is 2. The molecule has 2 rings (SSSR count). The molecule has 4 N–H and O–H groups in total. The van der Waals surface area contributed by atoms with Crippen molar-refractivity contribution in [2.24, 2.45) is 5.73 Å². The van der Waals surface area contributed by atoms with Crippen molar-refractivity contribution in [3.8, 4) is 0 Å². The highest BCUT2D eigenvalue weighted by atomic mass is 32.2. The Morgan fingerprint density at radius 3 is 2.65 bits per heavy atom. The van der Waals surface area contributed by atoms with Crippen LogP contribution in [0.4, 0.5) is 10.1 Å². The number of H-pyrrole nitrogens is 1. The van der Waals surface area contributed by atoms with E-state index in [-0.39, 0.29) is 17.0 Å². The second-order valence-corrected chi connectivity index (χ2v) is 6.05. The molecule has 0 aliphatic carbocycles. The third kappa shape index (κ3) is 2.66. The van der Waals surface area contributed by atoms with E-state index in [9.17, 15) is 12.8 Å². The number of hydrogen-bond acceptors (Lipinski definition) is 4. The Bertz CT molecular complexity index is 720. The van der Waals surface area contributed by atoms with E-state index in [1.54, 1.807) is 13.8 Å². The number of aromatic nitrogens is 2. The molecule has 0 aliphatic rings. The van der Waals surface area contributed by atoms with Gasteiger partial charge in [-0.05, 0) is 32.0 Å². The van der Waals surface area contributed by atoms with Crippen molar-refractivity contribution >= 4 is 15.7 Å². The van der Waals surface area contributed by atoms with Gasteiger partial charge in [-0.2, -0.15) is 5.10 Å². The molecule has 0 unspecified atom stereocenters. The monoisotopic (exact) mass is 298 g/mol. The Labute approximate surface area is 116 Å². The van der Waals surface area contributed by atoms with Gasteiger partial charge in [0.2, 0.25) is 0 Å². The van der Waals surface area contributed by atoms with Crippen molar-refractivity contribution in [2.45, 2.75) is 25.3 Å². The molecule has 0 spiro atoms. The first-order valence-corrected chi connectivity index (χ1v) is 7.36. The van der Waals surface area contributed by atoms with E-state index in [1.165, 1.54) is 12.1 Å². The zero-order chi connectivity index (χ0) is 14.9. The maximum atomic E-state index is 13.4. The molecule has 2 aromatic rings. The van der Waals surface area contributed by atoms with Gasteiger partial charge in [0.05, 0.1) is 22.0 Å². The van der Waals surface area contributed by atoms with Crippen molar-refractivity contribution in [2.75, 3.05) is 4.72 Å².